The summed E-state index contributed by atoms with van der Waals surface area (Å²) in [5, 5.41) is 0. The zero-order chi connectivity index (χ0) is 14.7. The fourth-order valence-electron chi connectivity index (χ4n) is 1.75. The minimum atomic E-state index is -0.901. The van der Waals surface area contributed by atoms with E-state index in [2.05, 4.69) is 18.8 Å². The van der Waals surface area contributed by atoms with Crippen molar-refractivity contribution in [3.8, 4) is 11.6 Å². The molecule has 1 aromatic heterocycles. The van der Waals surface area contributed by atoms with Gasteiger partial charge in [-0.25, -0.2) is 8.78 Å². The number of halogens is 2. The number of nitrogens with zero attached hydrogens (tertiary/aromatic N) is 1. The van der Waals surface area contributed by atoms with Crippen LogP contribution >= 0.6 is 0 Å². The molecule has 0 radical (unpaired) electrons. The number of rotatable bonds is 4. The Hall–Kier alpha value is -2.17. The quantitative estimate of drug-likeness (QED) is 0.909. The van der Waals surface area contributed by atoms with Gasteiger partial charge in [0.1, 0.15) is 5.75 Å². The maximum absolute atomic E-state index is 13.5. The van der Waals surface area contributed by atoms with E-state index in [-0.39, 0.29) is 5.88 Å². The highest BCUT2D eigenvalue weighted by molar-refractivity contribution is 5.37. The summed E-state index contributed by atoms with van der Waals surface area (Å²) in [4.78, 5) is 3.55. The second-order valence-electron chi connectivity index (χ2n) is 4.62. The average Bonchev–Trinajstić information content (AvgIpc) is 2.44. The van der Waals surface area contributed by atoms with Crippen molar-refractivity contribution >= 4 is 5.82 Å². The minimum absolute atomic E-state index is 0.333. The topological polar surface area (TPSA) is 48.1 Å². The molecule has 0 aliphatic heterocycles. The highest BCUT2D eigenvalue weighted by Crippen LogP contribution is 2.27. The van der Waals surface area contributed by atoms with Crippen LogP contribution in [0.5, 0.6) is 11.6 Å². The Bertz CT molecular complexity index is 600. The summed E-state index contributed by atoms with van der Waals surface area (Å²) < 4.78 is 31.8. The van der Waals surface area contributed by atoms with Gasteiger partial charge in [0.15, 0.2) is 17.5 Å². The number of hydrogen-bond acceptors (Lipinski definition) is 3. The van der Waals surface area contributed by atoms with Crippen LogP contribution in [0, 0.1) is 11.6 Å². The van der Waals surface area contributed by atoms with Gasteiger partial charge in [-0.2, -0.15) is 4.98 Å². The third kappa shape index (κ3) is 3.04. The SMILES string of the molecule is CCC(C)c1ccc(Oc2nc(N)c(F)cc2F)cc1. The highest BCUT2D eigenvalue weighted by atomic mass is 19.1. The monoisotopic (exact) mass is 278 g/mol. The van der Waals surface area contributed by atoms with E-state index in [1.807, 2.05) is 12.1 Å². The molecule has 2 aromatic rings. The Balaban J connectivity index is 2.20. The van der Waals surface area contributed by atoms with Crippen LogP contribution in [-0.2, 0) is 0 Å². The van der Waals surface area contributed by atoms with Crippen molar-refractivity contribution in [3.05, 3.63) is 47.5 Å². The molecular formula is C15H16F2N2O. The molecule has 1 unspecified atom stereocenters. The minimum Gasteiger partial charge on any atom is -0.436 e. The maximum Gasteiger partial charge on any atom is 0.258 e. The molecule has 0 saturated heterocycles. The van der Waals surface area contributed by atoms with Crippen LogP contribution in [-0.4, -0.2) is 4.98 Å². The normalized spacial score (nSPS) is 12.2. The number of benzene rings is 1. The Kier molecular flexibility index (Phi) is 4.17. The van der Waals surface area contributed by atoms with Crippen LogP contribution in [0.3, 0.4) is 0 Å². The van der Waals surface area contributed by atoms with Crippen molar-refractivity contribution in [1.82, 2.24) is 4.98 Å². The van der Waals surface area contributed by atoms with E-state index in [9.17, 15) is 8.78 Å². The molecule has 0 saturated carbocycles. The molecule has 2 N–H and O–H groups in total. The third-order valence-corrected chi connectivity index (χ3v) is 3.20. The summed E-state index contributed by atoms with van der Waals surface area (Å²) in [7, 11) is 0. The van der Waals surface area contributed by atoms with Gasteiger partial charge in [0.2, 0.25) is 0 Å². The van der Waals surface area contributed by atoms with E-state index >= 15 is 0 Å². The molecule has 0 bridgehead atoms. The third-order valence-electron chi connectivity index (χ3n) is 3.20. The largest absolute Gasteiger partial charge is 0.436 e. The Labute approximate surface area is 116 Å². The van der Waals surface area contributed by atoms with Gasteiger partial charge in [-0.1, -0.05) is 26.0 Å². The van der Waals surface area contributed by atoms with Gasteiger partial charge < -0.3 is 10.5 Å². The number of nitrogens with two attached hydrogens (primary N) is 1. The number of ether oxygens (including phenoxy) is 1. The molecule has 0 aliphatic rings. The predicted octanol–water partition coefficient (Wildman–Crippen LogP) is 4.25. The first-order valence-corrected chi connectivity index (χ1v) is 6.40. The molecule has 0 fully saturated rings. The summed E-state index contributed by atoms with van der Waals surface area (Å²) in [5.41, 5.74) is 6.47. The Morgan fingerprint density at radius 3 is 2.45 bits per heavy atom. The zero-order valence-electron chi connectivity index (χ0n) is 11.4. The molecule has 1 heterocycles. The smallest absolute Gasteiger partial charge is 0.258 e. The second kappa shape index (κ2) is 5.86. The molecule has 0 spiro atoms. The van der Waals surface area contributed by atoms with Crippen LogP contribution < -0.4 is 10.5 Å². The molecule has 0 aliphatic carbocycles. The Morgan fingerprint density at radius 1 is 1.20 bits per heavy atom. The van der Waals surface area contributed by atoms with E-state index in [1.54, 1.807) is 12.1 Å². The van der Waals surface area contributed by atoms with Crippen molar-refractivity contribution in [3.63, 3.8) is 0 Å². The summed E-state index contributed by atoms with van der Waals surface area (Å²) >= 11 is 0. The van der Waals surface area contributed by atoms with Gasteiger partial charge in [0.25, 0.3) is 5.88 Å². The molecule has 0 amide bonds. The van der Waals surface area contributed by atoms with E-state index in [1.165, 1.54) is 5.56 Å². The van der Waals surface area contributed by atoms with Crippen molar-refractivity contribution in [2.24, 2.45) is 0 Å². The number of pyridine rings is 1. The Morgan fingerprint density at radius 2 is 1.85 bits per heavy atom. The lowest BCUT2D eigenvalue weighted by atomic mass is 9.99. The van der Waals surface area contributed by atoms with Gasteiger partial charge in [0, 0.05) is 6.07 Å². The number of aromatic nitrogens is 1. The lowest BCUT2D eigenvalue weighted by Gasteiger charge is -2.10. The first kappa shape index (κ1) is 14.2. The number of nitrogen functional groups attached to an aromatic ring is 1. The van der Waals surface area contributed by atoms with E-state index in [0.717, 1.165) is 6.42 Å². The fourth-order valence-corrected chi connectivity index (χ4v) is 1.75. The van der Waals surface area contributed by atoms with Crippen LogP contribution in [0.1, 0.15) is 31.7 Å². The molecule has 2 rings (SSSR count). The summed E-state index contributed by atoms with van der Waals surface area (Å²) in [6, 6.07) is 7.93. The lowest BCUT2D eigenvalue weighted by Crippen LogP contribution is -2.00. The van der Waals surface area contributed by atoms with Gasteiger partial charge >= 0.3 is 0 Å². The lowest BCUT2D eigenvalue weighted by molar-refractivity contribution is 0.418. The molecule has 1 aromatic carbocycles. The van der Waals surface area contributed by atoms with E-state index in [4.69, 9.17) is 10.5 Å². The van der Waals surface area contributed by atoms with E-state index in [0.29, 0.717) is 17.7 Å². The number of anilines is 1. The van der Waals surface area contributed by atoms with Crippen LogP contribution in [0.4, 0.5) is 14.6 Å². The van der Waals surface area contributed by atoms with Crippen molar-refractivity contribution in [1.29, 1.82) is 0 Å². The van der Waals surface area contributed by atoms with Gasteiger partial charge in [-0.3, -0.25) is 0 Å². The summed E-state index contributed by atoms with van der Waals surface area (Å²) in [6.45, 7) is 4.23. The van der Waals surface area contributed by atoms with Crippen LogP contribution in [0.25, 0.3) is 0 Å². The standard InChI is InChI=1S/C15H16F2N2O/c1-3-9(2)10-4-6-11(7-5-10)20-15-13(17)8-12(16)14(18)19-15/h4-9H,3H2,1-2H3,(H2,18,19). The predicted molar refractivity (Wildman–Crippen MR) is 73.8 cm³/mol. The molecule has 20 heavy (non-hydrogen) atoms. The second-order valence-corrected chi connectivity index (χ2v) is 4.62. The maximum atomic E-state index is 13.5. The van der Waals surface area contributed by atoms with Crippen molar-refractivity contribution < 1.29 is 13.5 Å². The first-order chi connectivity index (χ1) is 9.51. The first-order valence-electron chi connectivity index (χ1n) is 6.40. The summed E-state index contributed by atoms with van der Waals surface area (Å²) in [5.74, 6) is -1.64. The molecule has 5 heteroatoms. The zero-order valence-corrected chi connectivity index (χ0v) is 11.4. The van der Waals surface area contributed by atoms with Gasteiger partial charge in [-0.15, -0.1) is 0 Å². The van der Waals surface area contributed by atoms with Crippen LogP contribution in [0.15, 0.2) is 30.3 Å². The molecule has 3 nitrogen and oxygen atoms in total. The van der Waals surface area contributed by atoms with Gasteiger partial charge in [0.05, 0.1) is 0 Å². The van der Waals surface area contributed by atoms with Gasteiger partial charge in [-0.05, 0) is 30.0 Å². The molecular weight excluding hydrogens is 262 g/mol. The van der Waals surface area contributed by atoms with Crippen LogP contribution in [0.2, 0.25) is 0 Å². The van der Waals surface area contributed by atoms with Crippen molar-refractivity contribution in [2.45, 2.75) is 26.2 Å². The average molecular weight is 278 g/mol. The molecule has 106 valence electrons. The highest BCUT2D eigenvalue weighted by Gasteiger charge is 2.12. The summed E-state index contributed by atoms with van der Waals surface area (Å²) in [6.07, 6.45) is 1.03. The van der Waals surface area contributed by atoms with E-state index < -0.39 is 17.5 Å². The number of hydrogen-bond donors (Lipinski definition) is 1. The fraction of sp³-hybridized carbons (Fsp3) is 0.267. The molecule has 1 atom stereocenters. The van der Waals surface area contributed by atoms with Crippen molar-refractivity contribution in [2.75, 3.05) is 5.73 Å².